The molecular formula is C14H15NO4. The van der Waals surface area contributed by atoms with E-state index in [2.05, 4.69) is 11.9 Å². The number of rotatable bonds is 6. The van der Waals surface area contributed by atoms with E-state index in [4.69, 9.17) is 14.3 Å². The Kier molecular flexibility index (Phi) is 4.18. The van der Waals surface area contributed by atoms with E-state index in [0.717, 1.165) is 19.1 Å². The van der Waals surface area contributed by atoms with Crippen molar-refractivity contribution in [3.63, 3.8) is 0 Å². The van der Waals surface area contributed by atoms with Crippen LogP contribution < -0.4 is 4.74 Å². The lowest BCUT2D eigenvalue weighted by Gasteiger charge is -2.08. The molecule has 0 aliphatic rings. The monoisotopic (exact) mass is 261 g/mol. The molecule has 0 saturated heterocycles. The molecule has 1 aromatic heterocycles. The summed E-state index contributed by atoms with van der Waals surface area (Å²) in [6.07, 6.45) is 3.13. The van der Waals surface area contributed by atoms with Gasteiger partial charge >= 0.3 is 5.97 Å². The Labute approximate surface area is 110 Å². The van der Waals surface area contributed by atoms with Gasteiger partial charge in [-0.25, -0.2) is 9.78 Å². The molecule has 5 nitrogen and oxygen atoms in total. The summed E-state index contributed by atoms with van der Waals surface area (Å²) in [6.45, 7) is 2.70. The maximum absolute atomic E-state index is 10.8. The molecule has 0 saturated carbocycles. The van der Waals surface area contributed by atoms with E-state index >= 15 is 0 Å². The van der Waals surface area contributed by atoms with Gasteiger partial charge in [-0.15, -0.1) is 0 Å². The first-order valence-electron chi connectivity index (χ1n) is 6.13. The van der Waals surface area contributed by atoms with E-state index in [1.807, 2.05) is 18.2 Å². The van der Waals surface area contributed by atoms with Gasteiger partial charge < -0.3 is 14.3 Å². The Bertz CT molecular complexity index is 562. The van der Waals surface area contributed by atoms with Crippen LogP contribution in [0.4, 0.5) is 0 Å². The van der Waals surface area contributed by atoms with E-state index in [1.165, 1.54) is 0 Å². The van der Waals surface area contributed by atoms with Crippen LogP contribution in [-0.2, 0) is 0 Å². The molecule has 1 heterocycles. The van der Waals surface area contributed by atoms with Crippen molar-refractivity contribution < 1.29 is 19.1 Å². The summed E-state index contributed by atoms with van der Waals surface area (Å²) < 4.78 is 10.8. The molecule has 100 valence electrons. The topological polar surface area (TPSA) is 72.6 Å². The Balaban J connectivity index is 2.25. The quantitative estimate of drug-likeness (QED) is 0.808. The van der Waals surface area contributed by atoms with Gasteiger partial charge in [-0.2, -0.15) is 0 Å². The van der Waals surface area contributed by atoms with Crippen molar-refractivity contribution >= 4 is 5.97 Å². The van der Waals surface area contributed by atoms with Crippen molar-refractivity contribution in [2.75, 3.05) is 6.61 Å². The number of hydrogen-bond acceptors (Lipinski definition) is 4. The first-order chi connectivity index (χ1) is 9.22. The SMILES string of the molecule is CCCCOc1ccccc1-c1nc(C(=O)O)co1. The number of carboxylic acids is 1. The van der Waals surface area contributed by atoms with Gasteiger partial charge in [0.05, 0.1) is 12.2 Å². The van der Waals surface area contributed by atoms with Crippen molar-refractivity contribution in [3.8, 4) is 17.2 Å². The van der Waals surface area contributed by atoms with Gasteiger partial charge in [-0.3, -0.25) is 0 Å². The van der Waals surface area contributed by atoms with Gasteiger partial charge in [-0.05, 0) is 18.6 Å². The van der Waals surface area contributed by atoms with Crippen LogP contribution in [0, 0.1) is 0 Å². The summed E-state index contributed by atoms with van der Waals surface area (Å²) in [5, 5.41) is 8.83. The van der Waals surface area contributed by atoms with Gasteiger partial charge in [0.15, 0.2) is 5.69 Å². The summed E-state index contributed by atoms with van der Waals surface area (Å²) in [5.74, 6) is -0.210. The Morgan fingerprint density at radius 2 is 2.21 bits per heavy atom. The first kappa shape index (κ1) is 13.1. The number of benzene rings is 1. The number of para-hydroxylation sites is 1. The maximum atomic E-state index is 10.8. The molecule has 0 aliphatic heterocycles. The fourth-order valence-electron chi connectivity index (χ4n) is 1.59. The zero-order valence-electron chi connectivity index (χ0n) is 10.6. The number of oxazole rings is 1. The highest BCUT2D eigenvalue weighted by Crippen LogP contribution is 2.29. The molecule has 0 amide bonds. The fraction of sp³-hybridized carbons (Fsp3) is 0.286. The number of unbranched alkanes of at least 4 members (excludes halogenated alkanes) is 1. The van der Waals surface area contributed by atoms with E-state index in [9.17, 15) is 4.79 Å². The Morgan fingerprint density at radius 3 is 2.89 bits per heavy atom. The van der Waals surface area contributed by atoms with Crippen LogP contribution in [0.25, 0.3) is 11.5 Å². The molecule has 19 heavy (non-hydrogen) atoms. The van der Waals surface area contributed by atoms with Crippen molar-refractivity contribution in [1.29, 1.82) is 0 Å². The number of hydrogen-bond donors (Lipinski definition) is 1. The molecule has 1 aromatic carbocycles. The zero-order valence-corrected chi connectivity index (χ0v) is 10.6. The highest BCUT2D eigenvalue weighted by Gasteiger charge is 2.15. The van der Waals surface area contributed by atoms with Gasteiger partial charge in [0.1, 0.15) is 12.0 Å². The minimum absolute atomic E-state index is 0.113. The molecule has 0 bridgehead atoms. The number of carbonyl (C=O) groups is 1. The average Bonchev–Trinajstić information content (AvgIpc) is 2.89. The van der Waals surface area contributed by atoms with E-state index in [-0.39, 0.29) is 11.6 Å². The maximum Gasteiger partial charge on any atom is 0.357 e. The van der Waals surface area contributed by atoms with Crippen LogP contribution in [0.15, 0.2) is 34.9 Å². The second-order valence-electron chi connectivity index (χ2n) is 4.04. The summed E-state index contributed by atoms with van der Waals surface area (Å²) in [5.41, 5.74) is 0.546. The highest BCUT2D eigenvalue weighted by molar-refractivity contribution is 5.85. The van der Waals surface area contributed by atoms with Gasteiger partial charge in [0, 0.05) is 0 Å². The molecule has 0 aliphatic carbocycles. The zero-order chi connectivity index (χ0) is 13.7. The standard InChI is InChI=1S/C14H15NO4/c1-2-3-8-18-12-7-5-4-6-10(12)13-15-11(9-19-13)14(16)17/h4-7,9H,2-3,8H2,1H3,(H,16,17). The van der Waals surface area contributed by atoms with Crippen LogP contribution in [0.1, 0.15) is 30.3 Å². The minimum atomic E-state index is -1.11. The number of aromatic nitrogens is 1. The molecule has 2 aromatic rings. The lowest BCUT2D eigenvalue weighted by Crippen LogP contribution is -1.99. The highest BCUT2D eigenvalue weighted by atomic mass is 16.5. The Morgan fingerprint density at radius 1 is 1.42 bits per heavy atom. The lowest BCUT2D eigenvalue weighted by atomic mass is 10.2. The largest absolute Gasteiger partial charge is 0.493 e. The van der Waals surface area contributed by atoms with Gasteiger partial charge in [0.2, 0.25) is 5.89 Å². The number of carboxylic acid groups (broad SMARTS) is 1. The third kappa shape index (κ3) is 3.13. The molecule has 0 unspecified atom stereocenters. The van der Waals surface area contributed by atoms with Crippen LogP contribution in [0.5, 0.6) is 5.75 Å². The third-order valence-electron chi connectivity index (χ3n) is 2.60. The average molecular weight is 261 g/mol. The molecular weight excluding hydrogens is 246 g/mol. The summed E-state index contributed by atoms with van der Waals surface area (Å²) in [7, 11) is 0. The fourth-order valence-corrected chi connectivity index (χ4v) is 1.59. The van der Waals surface area contributed by atoms with Crippen molar-refractivity contribution in [2.45, 2.75) is 19.8 Å². The van der Waals surface area contributed by atoms with Crippen LogP contribution in [0.3, 0.4) is 0 Å². The van der Waals surface area contributed by atoms with Gasteiger partial charge in [-0.1, -0.05) is 25.5 Å². The third-order valence-corrected chi connectivity index (χ3v) is 2.60. The van der Waals surface area contributed by atoms with Crippen LogP contribution in [-0.4, -0.2) is 22.7 Å². The molecule has 0 radical (unpaired) electrons. The molecule has 0 atom stereocenters. The van der Waals surface area contributed by atoms with Crippen LogP contribution >= 0.6 is 0 Å². The predicted molar refractivity (Wildman–Crippen MR) is 69.3 cm³/mol. The lowest BCUT2D eigenvalue weighted by molar-refractivity contribution is 0.0690. The van der Waals surface area contributed by atoms with Crippen molar-refractivity contribution in [1.82, 2.24) is 4.98 Å². The van der Waals surface area contributed by atoms with E-state index < -0.39 is 5.97 Å². The molecule has 2 rings (SSSR count). The van der Waals surface area contributed by atoms with Crippen LogP contribution in [0.2, 0.25) is 0 Å². The molecule has 0 spiro atoms. The molecule has 5 heteroatoms. The molecule has 1 N–H and O–H groups in total. The van der Waals surface area contributed by atoms with Gasteiger partial charge in [0.25, 0.3) is 0 Å². The normalized spacial score (nSPS) is 10.4. The second-order valence-corrected chi connectivity index (χ2v) is 4.04. The minimum Gasteiger partial charge on any atom is -0.493 e. The van der Waals surface area contributed by atoms with Crippen molar-refractivity contribution in [2.24, 2.45) is 0 Å². The number of aromatic carboxylic acids is 1. The summed E-state index contributed by atoms with van der Waals surface area (Å²) in [6, 6.07) is 7.28. The Hall–Kier alpha value is -2.30. The molecule has 0 fully saturated rings. The smallest absolute Gasteiger partial charge is 0.357 e. The van der Waals surface area contributed by atoms with E-state index in [0.29, 0.717) is 17.9 Å². The number of nitrogens with zero attached hydrogens (tertiary/aromatic N) is 1. The second kappa shape index (κ2) is 6.04. The first-order valence-corrected chi connectivity index (χ1v) is 6.13. The van der Waals surface area contributed by atoms with E-state index in [1.54, 1.807) is 6.07 Å². The summed E-state index contributed by atoms with van der Waals surface area (Å²) >= 11 is 0. The van der Waals surface area contributed by atoms with Crippen molar-refractivity contribution in [3.05, 3.63) is 36.2 Å². The predicted octanol–water partition coefficient (Wildman–Crippen LogP) is 3.22. The number of ether oxygens (including phenoxy) is 1. The summed E-state index contributed by atoms with van der Waals surface area (Å²) in [4.78, 5) is 14.7.